The van der Waals surface area contributed by atoms with E-state index in [4.69, 9.17) is 5.73 Å². The van der Waals surface area contributed by atoms with Crippen LogP contribution in [0.2, 0.25) is 0 Å². The zero-order valence-corrected chi connectivity index (χ0v) is 26.0. The minimum Gasteiger partial charge on any atom is -0.404 e. The molecule has 0 amide bonds. The smallest absolute Gasteiger partial charge is 0.0619 e. The van der Waals surface area contributed by atoms with Gasteiger partial charge in [0.2, 0.25) is 0 Å². The first-order chi connectivity index (χ1) is 22.2. The Balaban J connectivity index is 1.50. The maximum atomic E-state index is 5.94. The molecule has 0 unspecified atom stereocenters. The highest BCUT2D eigenvalue weighted by molar-refractivity contribution is 6.19. The summed E-state index contributed by atoms with van der Waals surface area (Å²) in [5, 5.41) is 10.4. The van der Waals surface area contributed by atoms with Crippen LogP contribution in [0.3, 0.4) is 0 Å². The molecule has 0 saturated heterocycles. The lowest BCUT2D eigenvalue weighted by atomic mass is 9.99. The number of allylic oxidation sites excluding steroid dienone is 9. The van der Waals surface area contributed by atoms with E-state index in [0.29, 0.717) is 0 Å². The van der Waals surface area contributed by atoms with Crippen LogP contribution < -0.4 is 11.1 Å². The lowest BCUT2D eigenvalue weighted by molar-refractivity contribution is 1.10. The van der Waals surface area contributed by atoms with E-state index in [0.717, 1.165) is 24.0 Å². The molecule has 0 saturated carbocycles. The van der Waals surface area contributed by atoms with E-state index < -0.39 is 0 Å². The minimum atomic E-state index is 0.784. The summed E-state index contributed by atoms with van der Waals surface area (Å²) in [4.78, 5) is 0. The average Bonchev–Trinajstić information content (AvgIpc) is 3.41. The fourth-order valence-corrected chi connectivity index (χ4v) is 6.22. The van der Waals surface area contributed by atoms with E-state index in [2.05, 4.69) is 139 Å². The maximum absolute atomic E-state index is 5.94. The van der Waals surface area contributed by atoms with Gasteiger partial charge in [-0.1, -0.05) is 116 Å². The molecular weight excluding hydrogens is 546 g/mol. The summed E-state index contributed by atoms with van der Waals surface area (Å²) in [6.07, 6.45) is 19.7. The lowest BCUT2D eigenvalue weighted by Gasteiger charge is -2.14. The van der Waals surface area contributed by atoms with Crippen LogP contribution in [0.25, 0.3) is 54.6 Å². The number of aromatic nitrogens is 1. The van der Waals surface area contributed by atoms with Gasteiger partial charge in [-0.25, -0.2) is 0 Å². The number of nitrogens with zero attached hydrogens (tertiary/aromatic N) is 1. The van der Waals surface area contributed by atoms with Crippen LogP contribution in [0.1, 0.15) is 24.5 Å². The largest absolute Gasteiger partial charge is 0.404 e. The number of nitrogens with two attached hydrogens (primary N) is 1. The molecule has 6 rings (SSSR count). The highest BCUT2D eigenvalue weighted by Crippen LogP contribution is 2.39. The fraction of sp³-hybridized carbons (Fsp3) is 0.0952. The van der Waals surface area contributed by atoms with Crippen LogP contribution in [0.15, 0.2) is 158 Å². The minimum absolute atomic E-state index is 0.784. The zero-order valence-electron chi connectivity index (χ0n) is 26.0. The first-order valence-corrected chi connectivity index (χ1v) is 15.5. The molecule has 0 aliphatic carbocycles. The number of hydrogen-bond acceptors (Lipinski definition) is 2. The van der Waals surface area contributed by atoms with Crippen molar-refractivity contribution in [2.75, 3.05) is 7.05 Å². The van der Waals surface area contributed by atoms with Gasteiger partial charge in [0, 0.05) is 28.6 Å². The molecule has 5 aromatic carbocycles. The average molecular weight is 586 g/mol. The van der Waals surface area contributed by atoms with Crippen molar-refractivity contribution in [3.8, 4) is 5.69 Å². The van der Waals surface area contributed by atoms with Crippen LogP contribution in [0, 0.1) is 0 Å². The Morgan fingerprint density at radius 3 is 2.47 bits per heavy atom. The Bertz CT molecular complexity index is 2180. The van der Waals surface area contributed by atoms with Crippen LogP contribution in [-0.4, -0.2) is 11.6 Å². The van der Waals surface area contributed by atoms with Gasteiger partial charge < -0.3 is 15.6 Å². The predicted molar refractivity (Wildman–Crippen MR) is 197 cm³/mol. The summed E-state index contributed by atoms with van der Waals surface area (Å²) in [5.74, 6) is 0. The molecule has 3 heteroatoms. The normalized spacial score (nSPS) is 13.0. The molecule has 3 N–H and O–H groups in total. The van der Waals surface area contributed by atoms with Gasteiger partial charge in [0.1, 0.15) is 0 Å². The first-order valence-electron chi connectivity index (χ1n) is 15.5. The summed E-state index contributed by atoms with van der Waals surface area (Å²) in [7, 11) is 1.89. The second kappa shape index (κ2) is 13.4. The Kier molecular flexibility index (Phi) is 8.79. The first kappa shape index (κ1) is 29.5. The van der Waals surface area contributed by atoms with Crippen molar-refractivity contribution in [3.63, 3.8) is 0 Å². The van der Waals surface area contributed by atoms with E-state index in [1.54, 1.807) is 6.20 Å². The Labute approximate surface area is 265 Å². The fourth-order valence-electron chi connectivity index (χ4n) is 6.22. The van der Waals surface area contributed by atoms with Crippen LogP contribution >= 0.6 is 0 Å². The van der Waals surface area contributed by atoms with Crippen molar-refractivity contribution in [2.24, 2.45) is 5.73 Å². The van der Waals surface area contributed by atoms with Crippen molar-refractivity contribution < 1.29 is 0 Å². The number of hydrogen-bond donors (Lipinski definition) is 2. The number of fused-ring (bicyclic) bond motifs is 6. The Hall–Kier alpha value is -5.54. The summed E-state index contributed by atoms with van der Waals surface area (Å²) < 4.78 is 2.47. The molecule has 1 heterocycles. The topological polar surface area (TPSA) is 43.0 Å². The van der Waals surface area contributed by atoms with Crippen molar-refractivity contribution >= 4 is 48.9 Å². The molecule has 6 aromatic rings. The van der Waals surface area contributed by atoms with Crippen molar-refractivity contribution in [3.05, 3.63) is 169 Å². The second-order valence-electron chi connectivity index (χ2n) is 11.2. The van der Waals surface area contributed by atoms with E-state index in [-0.39, 0.29) is 0 Å². The maximum Gasteiger partial charge on any atom is 0.0619 e. The van der Waals surface area contributed by atoms with Crippen LogP contribution in [0.5, 0.6) is 0 Å². The molecule has 0 radical (unpaired) electrons. The third-order valence-corrected chi connectivity index (χ3v) is 8.44. The van der Waals surface area contributed by atoms with Crippen molar-refractivity contribution in [1.29, 1.82) is 0 Å². The molecule has 3 nitrogen and oxygen atoms in total. The number of nitrogens with one attached hydrogen (secondary N) is 1. The van der Waals surface area contributed by atoms with Gasteiger partial charge >= 0.3 is 0 Å². The van der Waals surface area contributed by atoms with Crippen LogP contribution in [-0.2, 0) is 6.42 Å². The van der Waals surface area contributed by atoms with E-state index >= 15 is 0 Å². The molecule has 0 bridgehead atoms. The highest BCUT2D eigenvalue weighted by Gasteiger charge is 2.17. The summed E-state index contributed by atoms with van der Waals surface area (Å²) in [6, 6.07) is 33.5. The summed E-state index contributed by atoms with van der Waals surface area (Å²) in [6.45, 7) is 6.08. The van der Waals surface area contributed by atoms with Gasteiger partial charge in [-0.2, -0.15) is 0 Å². The van der Waals surface area contributed by atoms with E-state index in [1.165, 1.54) is 60.2 Å². The van der Waals surface area contributed by atoms with Crippen molar-refractivity contribution in [1.82, 2.24) is 9.88 Å². The van der Waals surface area contributed by atoms with Gasteiger partial charge in [0.25, 0.3) is 0 Å². The third kappa shape index (κ3) is 5.85. The van der Waals surface area contributed by atoms with Crippen LogP contribution in [0.4, 0.5) is 0 Å². The monoisotopic (exact) mass is 585 g/mol. The van der Waals surface area contributed by atoms with E-state index in [1.807, 2.05) is 31.5 Å². The molecule has 0 aliphatic rings. The molecule has 1 aromatic heterocycles. The number of rotatable bonds is 10. The molecule has 45 heavy (non-hydrogen) atoms. The predicted octanol–water partition coefficient (Wildman–Crippen LogP) is 10.3. The SMILES string of the molecule is C=C/C(=C\C)c1ccc2c(ccc3c4ccc(C/C=C\C(=C/N)C/C=C\C=C/NC)cc4n(-c4cccc5ccccc45)c23)c1. The molecule has 0 aliphatic heterocycles. The van der Waals surface area contributed by atoms with Gasteiger partial charge in [0.05, 0.1) is 16.7 Å². The molecule has 0 fully saturated rings. The summed E-state index contributed by atoms with van der Waals surface area (Å²) >= 11 is 0. The van der Waals surface area contributed by atoms with Crippen molar-refractivity contribution in [2.45, 2.75) is 19.8 Å². The molecule has 222 valence electrons. The Morgan fingerprint density at radius 1 is 0.822 bits per heavy atom. The third-order valence-electron chi connectivity index (χ3n) is 8.44. The second-order valence-corrected chi connectivity index (χ2v) is 11.2. The highest BCUT2D eigenvalue weighted by atomic mass is 15.0. The van der Waals surface area contributed by atoms with Gasteiger partial charge in [-0.15, -0.1) is 0 Å². The van der Waals surface area contributed by atoms with Gasteiger partial charge in [-0.3, -0.25) is 0 Å². The quantitative estimate of drug-likeness (QED) is 0.157. The molecule has 0 spiro atoms. The lowest BCUT2D eigenvalue weighted by Crippen LogP contribution is -1.96. The van der Waals surface area contributed by atoms with E-state index in [9.17, 15) is 0 Å². The van der Waals surface area contributed by atoms with Gasteiger partial charge in [0.15, 0.2) is 0 Å². The molecular formula is C42H39N3. The zero-order chi connectivity index (χ0) is 31.2. The Morgan fingerprint density at radius 2 is 1.64 bits per heavy atom. The summed E-state index contributed by atoms with van der Waals surface area (Å²) in [5.41, 5.74) is 14.2. The molecule has 0 atom stereocenters. The number of benzene rings is 5. The standard InChI is InChI=1S/C42H39N3/c1-4-32(5-2)34-21-24-37-35(28-34)22-25-39-38-23-20-30(14-11-15-31(29-43)13-7-6-10-26-44-3)27-41(38)45(42(37)39)40-19-12-17-33-16-8-9-18-36(33)40/h4-12,15-29,44H,1,13-14,43H2,2-3H3/b7-6-,15-11-,26-10-,31-29-,32-5+. The van der Waals surface area contributed by atoms with Gasteiger partial charge in [-0.05, 0) is 89.5 Å².